The van der Waals surface area contributed by atoms with Crippen LogP contribution in [0.25, 0.3) is 5.78 Å². The topological polar surface area (TPSA) is 72.2 Å². The maximum absolute atomic E-state index is 12.7. The van der Waals surface area contributed by atoms with Crippen molar-refractivity contribution in [3.63, 3.8) is 0 Å². The van der Waals surface area contributed by atoms with E-state index in [0.29, 0.717) is 16.9 Å². The Labute approximate surface area is 170 Å². The largest absolute Gasteiger partial charge is 0.352 e. The Morgan fingerprint density at radius 3 is 2.50 bits per heavy atom. The first-order valence-electron chi connectivity index (χ1n) is 10.5. The molecule has 4 aliphatic carbocycles. The Kier molecular flexibility index (Phi) is 4.41. The number of aryl methyl sites for hydroxylation is 2. The van der Waals surface area contributed by atoms with Gasteiger partial charge in [-0.05, 0) is 88.5 Å². The fourth-order valence-corrected chi connectivity index (χ4v) is 7.36. The van der Waals surface area contributed by atoms with Crippen molar-refractivity contribution in [1.82, 2.24) is 24.9 Å². The lowest BCUT2D eigenvalue weighted by Gasteiger charge is -2.59. The minimum Gasteiger partial charge on any atom is -0.352 e. The van der Waals surface area contributed by atoms with Crippen LogP contribution in [0.1, 0.15) is 56.8 Å². The smallest absolute Gasteiger partial charge is 0.256 e. The summed E-state index contributed by atoms with van der Waals surface area (Å²) in [6, 6.07) is 2.27. The normalized spacial score (nSPS) is 32.0. The van der Waals surface area contributed by atoms with Gasteiger partial charge in [0.1, 0.15) is 0 Å². The maximum Gasteiger partial charge on any atom is 0.256 e. The van der Waals surface area contributed by atoms with Crippen molar-refractivity contribution in [1.29, 1.82) is 0 Å². The highest BCUT2D eigenvalue weighted by atomic mass is 32.2. The number of hydrogen-bond donors (Lipinski definition) is 1. The molecule has 0 spiro atoms. The fourth-order valence-electron chi connectivity index (χ4n) is 6.57. The summed E-state index contributed by atoms with van der Waals surface area (Å²) in [4.78, 5) is 17.1. The van der Waals surface area contributed by atoms with Gasteiger partial charge in [0.15, 0.2) is 5.16 Å². The van der Waals surface area contributed by atoms with E-state index in [9.17, 15) is 4.79 Å². The number of nitrogens with zero attached hydrogens (tertiary/aromatic N) is 4. The minimum atomic E-state index is 0.0997. The SMILES string of the molecule is Cc1cc(C)n2c(SCC(=O)N[C@@H](C)C34CC5CC(CC(C5)C3)C4)nnc2n1. The number of fused-ring (bicyclic) bond motifs is 1. The number of hydrogen-bond acceptors (Lipinski definition) is 5. The summed E-state index contributed by atoms with van der Waals surface area (Å²) >= 11 is 1.44. The molecule has 7 heteroatoms. The predicted octanol–water partition coefficient (Wildman–Crippen LogP) is 3.55. The van der Waals surface area contributed by atoms with Gasteiger partial charge in [0.25, 0.3) is 5.78 Å². The van der Waals surface area contributed by atoms with E-state index in [0.717, 1.165) is 34.3 Å². The molecule has 4 aliphatic rings. The molecule has 0 radical (unpaired) electrons. The van der Waals surface area contributed by atoms with Crippen LogP contribution >= 0.6 is 11.8 Å². The molecule has 1 N–H and O–H groups in total. The van der Waals surface area contributed by atoms with E-state index in [1.807, 2.05) is 24.3 Å². The van der Waals surface area contributed by atoms with Crippen LogP contribution in [0.4, 0.5) is 0 Å². The third kappa shape index (κ3) is 3.11. The molecule has 4 fully saturated rings. The number of rotatable bonds is 5. The number of carbonyl (C=O) groups is 1. The predicted molar refractivity (Wildman–Crippen MR) is 109 cm³/mol. The van der Waals surface area contributed by atoms with Crippen molar-refractivity contribution in [2.75, 3.05) is 5.75 Å². The van der Waals surface area contributed by atoms with E-state index < -0.39 is 0 Å². The standard InChI is InChI=1S/C21H29N5OS/c1-12-4-13(2)26-19(22-12)24-25-20(26)28-11-18(27)23-14(3)21-8-15-5-16(9-21)7-17(6-15)10-21/h4,14-17H,5-11H2,1-3H3,(H,23,27)/t14-,15?,16?,17?,21?/m0/s1. The molecule has 0 saturated heterocycles. The molecule has 0 aromatic carbocycles. The van der Waals surface area contributed by atoms with Gasteiger partial charge in [0.05, 0.1) is 5.75 Å². The van der Waals surface area contributed by atoms with Gasteiger partial charge in [-0.25, -0.2) is 4.98 Å². The third-order valence-corrected chi connectivity index (χ3v) is 8.31. The monoisotopic (exact) mass is 399 g/mol. The fraction of sp³-hybridized carbons (Fsp3) is 0.714. The van der Waals surface area contributed by atoms with Crippen LogP contribution in [-0.4, -0.2) is 37.3 Å². The number of aromatic nitrogens is 4. The van der Waals surface area contributed by atoms with Crippen molar-refractivity contribution in [2.24, 2.45) is 23.2 Å². The molecular formula is C21H29N5OS. The summed E-state index contributed by atoms with van der Waals surface area (Å²) in [6.07, 6.45) is 8.24. The highest BCUT2D eigenvalue weighted by molar-refractivity contribution is 7.99. The van der Waals surface area contributed by atoms with Gasteiger partial charge in [0.2, 0.25) is 5.91 Å². The molecule has 6 nitrogen and oxygen atoms in total. The Morgan fingerprint density at radius 1 is 1.21 bits per heavy atom. The second-order valence-electron chi connectivity index (χ2n) is 9.51. The number of thioether (sulfide) groups is 1. The first-order chi connectivity index (χ1) is 13.4. The third-order valence-electron chi connectivity index (χ3n) is 7.38. The van der Waals surface area contributed by atoms with Crippen LogP contribution < -0.4 is 5.32 Å². The first-order valence-corrected chi connectivity index (χ1v) is 11.5. The van der Waals surface area contributed by atoms with Crippen molar-refractivity contribution in [3.8, 4) is 0 Å². The first kappa shape index (κ1) is 18.4. The molecular weight excluding hydrogens is 370 g/mol. The quantitative estimate of drug-likeness (QED) is 0.779. The number of nitrogens with one attached hydrogen (secondary N) is 1. The Morgan fingerprint density at radius 2 is 1.86 bits per heavy atom. The van der Waals surface area contributed by atoms with Crippen molar-refractivity contribution < 1.29 is 4.79 Å². The number of amides is 1. The summed E-state index contributed by atoms with van der Waals surface area (Å²) in [5, 5.41) is 12.5. The zero-order chi connectivity index (χ0) is 19.5. The molecule has 28 heavy (non-hydrogen) atoms. The van der Waals surface area contributed by atoms with Crippen molar-refractivity contribution >= 4 is 23.4 Å². The zero-order valence-corrected chi connectivity index (χ0v) is 17.8. The Hall–Kier alpha value is -1.63. The van der Waals surface area contributed by atoms with Gasteiger partial charge in [0, 0.05) is 17.4 Å². The molecule has 6 rings (SSSR count). The van der Waals surface area contributed by atoms with E-state index in [1.54, 1.807) is 0 Å². The van der Waals surface area contributed by atoms with Gasteiger partial charge in [-0.2, -0.15) is 0 Å². The highest BCUT2D eigenvalue weighted by Gasteiger charge is 2.53. The maximum atomic E-state index is 12.7. The summed E-state index contributed by atoms with van der Waals surface area (Å²) in [6.45, 7) is 6.21. The lowest BCUT2D eigenvalue weighted by Crippen LogP contribution is -2.56. The van der Waals surface area contributed by atoms with Gasteiger partial charge in [-0.15, -0.1) is 10.2 Å². The average molecular weight is 400 g/mol. The Bertz CT molecular complexity index is 888. The van der Waals surface area contributed by atoms with Crippen LogP contribution in [0.2, 0.25) is 0 Å². The second-order valence-corrected chi connectivity index (χ2v) is 10.5. The number of carbonyl (C=O) groups excluding carboxylic acids is 1. The lowest BCUT2D eigenvalue weighted by molar-refractivity contribution is -0.123. The van der Waals surface area contributed by atoms with Gasteiger partial charge >= 0.3 is 0 Å². The summed E-state index contributed by atoms with van der Waals surface area (Å²) in [5.41, 5.74) is 2.31. The summed E-state index contributed by atoms with van der Waals surface area (Å²) in [5.74, 6) is 3.78. The summed E-state index contributed by atoms with van der Waals surface area (Å²) in [7, 11) is 0. The van der Waals surface area contributed by atoms with E-state index >= 15 is 0 Å². The van der Waals surface area contributed by atoms with Crippen molar-refractivity contribution in [3.05, 3.63) is 17.5 Å². The average Bonchev–Trinajstić information content (AvgIpc) is 3.02. The van der Waals surface area contributed by atoms with Crippen LogP contribution in [0.15, 0.2) is 11.2 Å². The molecule has 4 bridgehead atoms. The lowest BCUT2D eigenvalue weighted by atomic mass is 9.48. The molecule has 1 amide bonds. The summed E-state index contributed by atoms with van der Waals surface area (Å²) < 4.78 is 1.92. The molecule has 2 aromatic heterocycles. The Balaban J connectivity index is 1.24. The van der Waals surface area contributed by atoms with E-state index in [1.165, 1.54) is 50.3 Å². The van der Waals surface area contributed by atoms with E-state index in [-0.39, 0.29) is 11.9 Å². The van der Waals surface area contributed by atoms with Crippen LogP contribution in [0, 0.1) is 37.0 Å². The van der Waals surface area contributed by atoms with Crippen LogP contribution in [-0.2, 0) is 4.79 Å². The molecule has 2 aromatic rings. The molecule has 150 valence electrons. The molecule has 0 aliphatic heterocycles. The molecule has 4 saturated carbocycles. The van der Waals surface area contributed by atoms with Crippen LogP contribution in [0.3, 0.4) is 0 Å². The van der Waals surface area contributed by atoms with Crippen LogP contribution in [0.5, 0.6) is 0 Å². The molecule has 2 heterocycles. The van der Waals surface area contributed by atoms with Gasteiger partial charge in [-0.3, -0.25) is 9.20 Å². The zero-order valence-electron chi connectivity index (χ0n) is 16.9. The minimum absolute atomic E-state index is 0.0997. The van der Waals surface area contributed by atoms with E-state index in [2.05, 4.69) is 27.4 Å². The highest BCUT2D eigenvalue weighted by Crippen LogP contribution is 2.61. The van der Waals surface area contributed by atoms with Crippen molar-refractivity contribution in [2.45, 2.75) is 70.5 Å². The van der Waals surface area contributed by atoms with Gasteiger partial charge < -0.3 is 5.32 Å². The molecule has 1 atom stereocenters. The van der Waals surface area contributed by atoms with E-state index in [4.69, 9.17) is 0 Å². The second kappa shape index (κ2) is 6.71. The molecule has 0 unspecified atom stereocenters. The van der Waals surface area contributed by atoms with Gasteiger partial charge in [-0.1, -0.05) is 11.8 Å².